The van der Waals surface area contributed by atoms with Gasteiger partial charge < -0.3 is 10.1 Å². The zero-order valence-electron chi connectivity index (χ0n) is 14.2. The van der Waals surface area contributed by atoms with Crippen LogP contribution in [0.4, 0.5) is 0 Å². The van der Waals surface area contributed by atoms with E-state index in [1.165, 1.54) is 19.4 Å². The maximum atomic E-state index is 12.2. The summed E-state index contributed by atoms with van der Waals surface area (Å²) in [6.07, 6.45) is 4.70. The van der Waals surface area contributed by atoms with E-state index < -0.39 is 0 Å². The fourth-order valence-electron chi connectivity index (χ4n) is 2.99. The van der Waals surface area contributed by atoms with Gasteiger partial charge >= 0.3 is 0 Å². The van der Waals surface area contributed by atoms with Crippen molar-refractivity contribution in [3.63, 3.8) is 0 Å². The van der Waals surface area contributed by atoms with Crippen LogP contribution in [0, 0.1) is 11.8 Å². The summed E-state index contributed by atoms with van der Waals surface area (Å²) >= 11 is 0. The Labute approximate surface area is 138 Å². The molecule has 1 N–H and O–H groups in total. The summed E-state index contributed by atoms with van der Waals surface area (Å²) in [6, 6.07) is 1.78. The molecule has 1 aliphatic carbocycles. The van der Waals surface area contributed by atoms with Gasteiger partial charge in [-0.25, -0.2) is 0 Å². The van der Waals surface area contributed by atoms with Gasteiger partial charge in [0, 0.05) is 38.9 Å². The fourth-order valence-corrected chi connectivity index (χ4v) is 2.99. The molecule has 6 nitrogen and oxygen atoms in total. The molecule has 1 saturated carbocycles. The third-order valence-corrected chi connectivity index (χ3v) is 4.35. The first kappa shape index (κ1) is 16.5. The third-order valence-electron chi connectivity index (χ3n) is 4.35. The topological polar surface area (TPSA) is 59.4 Å². The summed E-state index contributed by atoms with van der Waals surface area (Å²) in [7, 11) is 0. The average Bonchev–Trinajstić information content (AvgIpc) is 3.21. The van der Waals surface area contributed by atoms with Crippen LogP contribution in [-0.4, -0.2) is 59.5 Å². The highest BCUT2D eigenvalue weighted by Crippen LogP contribution is 2.30. The Morgan fingerprint density at radius 3 is 3.04 bits per heavy atom. The maximum Gasteiger partial charge on any atom is 0.271 e. The monoisotopic (exact) mass is 320 g/mol. The molecule has 23 heavy (non-hydrogen) atoms. The van der Waals surface area contributed by atoms with Gasteiger partial charge in [0.2, 0.25) is 0 Å². The highest BCUT2D eigenvalue weighted by Gasteiger charge is 2.28. The molecule has 0 spiro atoms. The molecular formula is C17H28N4O2. The minimum atomic E-state index is -0.115. The largest absolute Gasteiger partial charge is 0.374 e. The first-order valence-electron chi connectivity index (χ1n) is 8.75. The predicted octanol–water partition coefficient (Wildman–Crippen LogP) is 1.38. The van der Waals surface area contributed by atoms with E-state index in [0.717, 1.165) is 32.2 Å². The highest BCUT2D eigenvalue weighted by atomic mass is 16.5. The van der Waals surface area contributed by atoms with Crippen molar-refractivity contribution in [3.05, 3.63) is 18.0 Å². The van der Waals surface area contributed by atoms with Gasteiger partial charge in [-0.3, -0.25) is 14.4 Å². The Kier molecular flexibility index (Phi) is 5.33. The quantitative estimate of drug-likeness (QED) is 0.824. The smallest absolute Gasteiger partial charge is 0.271 e. The van der Waals surface area contributed by atoms with Crippen LogP contribution in [0.3, 0.4) is 0 Å². The Bertz CT molecular complexity index is 524. The molecule has 1 aromatic heterocycles. The molecule has 3 rings (SSSR count). The fraction of sp³-hybridized carbons (Fsp3) is 0.765. The van der Waals surface area contributed by atoms with Crippen LogP contribution in [0.5, 0.6) is 0 Å². The lowest BCUT2D eigenvalue weighted by Gasteiger charge is -2.33. The van der Waals surface area contributed by atoms with E-state index in [-0.39, 0.29) is 12.0 Å². The van der Waals surface area contributed by atoms with Crippen molar-refractivity contribution in [1.82, 2.24) is 20.0 Å². The van der Waals surface area contributed by atoms with Crippen molar-refractivity contribution in [3.8, 4) is 0 Å². The molecule has 2 fully saturated rings. The number of ether oxygens (including phenoxy) is 1. The van der Waals surface area contributed by atoms with E-state index >= 15 is 0 Å². The van der Waals surface area contributed by atoms with Crippen molar-refractivity contribution >= 4 is 5.91 Å². The van der Waals surface area contributed by atoms with Crippen LogP contribution in [0.1, 0.15) is 37.2 Å². The van der Waals surface area contributed by atoms with Crippen molar-refractivity contribution in [1.29, 1.82) is 0 Å². The number of hydrogen-bond donors (Lipinski definition) is 1. The number of aromatic nitrogens is 2. The van der Waals surface area contributed by atoms with E-state index in [1.807, 2.05) is 10.9 Å². The number of rotatable bonds is 7. The second kappa shape index (κ2) is 7.45. The van der Waals surface area contributed by atoms with Crippen LogP contribution in [0.15, 0.2) is 12.3 Å². The summed E-state index contributed by atoms with van der Waals surface area (Å²) in [5.74, 6) is 1.29. The van der Waals surface area contributed by atoms with Gasteiger partial charge in [-0.1, -0.05) is 13.8 Å². The van der Waals surface area contributed by atoms with Gasteiger partial charge in [-0.2, -0.15) is 5.10 Å². The van der Waals surface area contributed by atoms with E-state index in [0.29, 0.717) is 18.2 Å². The zero-order valence-corrected chi connectivity index (χ0v) is 14.2. The van der Waals surface area contributed by atoms with Gasteiger partial charge in [-0.15, -0.1) is 0 Å². The van der Waals surface area contributed by atoms with Crippen LogP contribution < -0.4 is 5.32 Å². The van der Waals surface area contributed by atoms with Crippen LogP contribution in [0.25, 0.3) is 0 Å². The zero-order chi connectivity index (χ0) is 16.2. The number of nitrogens with one attached hydrogen (secondary N) is 1. The number of hydrogen-bond acceptors (Lipinski definition) is 4. The average molecular weight is 320 g/mol. The van der Waals surface area contributed by atoms with Crippen molar-refractivity contribution < 1.29 is 9.53 Å². The summed E-state index contributed by atoms with van der Waals surface area (Å²) in [5, 5.41) is 7.29. The van der Waals surface area contributed by atoms with Crippen molar-refractivity contribution in [2.45, 2.75) is 39.3 Å². The minimum Gasteiger partial charge on any atom is -0.374 e. The maximum absolute atomic E-state index is 12.2. The van der Waals surface area contributed by atoms with Crippen LogP contribution >= 0.6 is 0 Å². The second-order valence-corrected chi connectivity index (χ2v) is 7.22. The molecule has 2 heterocycles. The molecule has 1 aliphatic heterocycles. The summed E-state index contributed by atoms with van der Waals surface area (Å²) in [5.41, 5.74) is 0.483. The molecule has 1 atom stereocenters. The molecule has 6 heteroatoms. The lowest BCUT2D eigenvalue weighted by Crippen LogP contribution is -2.48. The predicted molar refractivity (Wildman–Crippen MR) is 88.3 cm³/mol. The Balaban J connectivity index is 1.43. The standard InChI is InChI=1S/C17H28N4O2/c1-13(2)10-21-6-5-16(19-21)17(22)18-9-15-12-20(7-8-23-15)11-14-3-4-14/h5-6,13-15H,3-4,7-12H2,1-2H3,(H,18,22). The molecule has 128 valence electrons. The highest BCUT2D eigenvalue weighted by molar-refractivity contribution is 5.92. The SMILES string of the molecule is CC(C)Cn1ccc(C(=O)NCC2CN(CC3CC3)CCO2)n1. The van der Waals surface area contributed by atoms with E-state index in [4.69, 9.17) is 4.74 Å². The molecular weight excluding hydrogens is 292 g/mol. The Morgan fingerprint density at radius 1 is 1.48 bits per heavy atom. The number of morpholine rings is 1. The van der Waals surface area contributed by atoms with Crippen molar-refractivity contribution in [2.75, 3.05) is 32.8 Å². The number of carbonyl (C=O) groups excluding carboxylic acids is 1. The molecule has 0 radical (unpaired) electrons. The first-order valence-corrected chi connectivity index (χ1v) is 8.75. The van der Waals surface area contributed by atoms with E-state index in [2.05, 4.69) is 29.2 Å². The van der Waals surface area contributed by atoms with Gasteiger partial charge in [0.15, 0.2) is 0 Å². The van der Waals surface area contributed by atoms with Gasteiger partial charge in [0.25, 0.3) is 5.91 Å². The number of amides is 1. The summed E-state index contributed by atoms with van der Waals surface area (Å²) in [6.45, 7) is 9.53. The van der Waals surface area contributed by atoms with Crippen LogP contribution in [-0.2, 0) is 11.3 Å². The van der Waals surface area contributed by atoms with E-state index in [9.17, 15) is 4.79 Å². The number of nitrogens with zero attached hydrogens (tertiary/aromatic N) is 3. The summed E-state index contributed by atoms with van der Waals surface area (Å²) < 4.78 is 7.60. The minimum absolute atomic E-state index is 0.0872. The molecule has 1 amide bonds. The molecule has 0 bridgehead atoms. The van der Waals surface area contributed by atoms with Gasteiger partial charge in [0.05, 0.1) is 12.7 Å². The molecule has 1 unspecified atom stereocenters. The lowest BCUT2D eigenvalue weighted by atomic mass is 10.2. The third kappa shape index (κ3) is 5.04. The first-order chi connectivity index (χ1) is 11.1. The normalized spacial score (nSPS) is 22.5. The Morgan fingerprint density at radius 2 is 2.30 bits per heavy atom. The van der Waals surface area contributed by atoms with Gasteiger partial charge in [0.1, 0.15) is 5.69 Å². The summed E-state index contributed by atoms with van der Waals surface area (Å²) in [4.78, 5) is 14.7. The molecule has 2 aliphatic rings. The lowest BCUT2D eigenvalue weighted by molar-refractivity contribution is -0.0277. The molecule has 1 saturated heterocycles. The van der Waals surface area contributed by atoms with Gasteiger partial charge in [-0.05, 0) is 30.7 Å². The molecule has 0 aromatic carbocycles. The second-order valence-electron chi connectivity index (χ2n) is 7.22. The van der Waals surface area contributed by atoms with E-state index in [1.54, 1.807) is 6.07 Å². The number of carbonyl (C=O) groups is 1. The molecule has 1 aromatic rings. The van der Waals surface area contributed by atoms with Crippen molar-refractivity contribution in [2.24, 2.45) is 11.8 Å². The van der Waals surface area contributed by atoms with Crippen LogP contribution in [0.2, 0.25) is 0 Å². The Hall–Kier alpha value is -1.40.